The van der Waals surface area contributed by atoms with Crippen molar-refractivity contribution in [3.8, 4) is 11.1 Å². The predicted molar refractivity (Wildman–Crippen MR) is 148 cm³/mol. The van der Waals surface area contributed by atoms with Crippen molar-refractivity contribution in [1.82, 2.24) is 24.4 Å². The van der Waals surface area contributed by atoms with Gasteiger partial charge < -0.3 is 29.8 Å². The van der Waals surface area contributed by atoms with Crippen LogP contribution in [0.15, 0.2) is 35.5 Å². The molecule has 2 fully saturated rings. The second-order valence-corrected chi connectivity index (χ2v) is 10.6. The zero-order valence-corrected chi connectivity index (χ0v) is 21.9. The number of aryl methyl sites for hydroxylation is 1. The minimum absolute atomic E-state index is 0.0918. The molecule has 2 unspecified atom stereocenters. The zero-order valence-electron chi connectivity index (χ0n) is 21.9. The minimum atomic E-state index is -1.33. The molecule has 40 heavy (non-hydrogen) atoms. The number of rotatable bonds is 4. The number of halogens is 2. The van der Waals surface area contributed by atoms with E-state index in [2.05, 4.69) is 37.1 Å². The van der Waals surface area contributed by atoms with Crippen LogP contribution in [0.3, 0.4) is 0 Å². The normalized spacial score (nSPS) is 19.0. The number of nitrogens with zero attached hydrogens (tertiary/aromatic N) is 5. The number of likely N-dealkylation sites (tertiary alicyclic amines) is 1. The largest absolute Gasteiger partial charge is 0.477 e. The monoisotopic (exact) mass is 545 g/mol. The first-order chi connectivity index (χ1) is 19.2. The summed E-state index contributed by atoms with van der Waals surface area (Å²) in [5, 5.41) is 13.2. The molecule has 0 bridgehead atoms. The number of likely N-dealkylation sites (N-methyl/N-ethyl adjacent to an activating group) is 1. The van der Waals surface area contributed by atoms with Gasteiger partial charge in [-0.15, -0.1) is 0 Å². The highest BCUT2D eigenvalue weighted by Crippen LogP contribution is 2.46. The van der Waals surface area contributed by atoms with Crippen LogP contribution in [0.5, 0.6) is 0 Å². The molecule has 204 valence electrons. The van der Waals surface area contributed by atoms with Gasteiger partial charge in [0.2, 0.25) is 5.43 Å². The Morgan fingerprint density at radius 1 is 1.12 bits per heavy atom. The molecule has 2 atom stereocenters. The maximum atomic E-state index is 15.5. The highest BCUT2D eigenvalue weighted by Gasteiger charge is 2.44. The molecule has 10 nitrogen and oxygen atoms in total. The van der Waals surface area contributed by atoms with E-state index in [1.54, 1.807) is 32.6 Å². The van der Waals surface area contributed by atoms with Gasteiger partial charge in [-0.25, -0.2) is 23.5 Å². The molecule has 0 saturated carbocycles. The van der Waals surface area contributed by atoms with Crippen LogP contribution in [0.2, 0.25) is 0 Å². The van der Waals surface area contributed by atoms with Gasteiger partial charge in [0.15, 0.2) is 11.6 Å². The number of pyridine rings is 3. The third kappa shape index (κ3) is 3.28. The second kappa shape index (κ2) is 8.46. The number of carbonyl (C=O) groups is 1. The Labute approximate surface area is 225 Å². The number of H-pyrrole nitrogens is 1. The van der Waals surface area contributed by atoms with Gasteiger partial charge in [-0.2, -0.15) is 0 Å². The Morgan fingerprint density at radius 3 is 2.62 bits per heavy atom. The van der Waals surface area contributed by atoms with Gasteiger partial charge in [0, 0.05) is 81.5 Å². The van der Waals surface area contributed by atoms with Crippen LogP contribution in [0, 0.1) is 17.6 Å². The number of benzene rings is 1. The van der Waals surface area contributed by atoms with Crippen LogP contribution >= 0.6 is 0 Å². The van der Waals surface area contributed by atoms with Gasteiger partial charge >= 0.3 is 5.97 Å². The molecule has 0 amide bonds. The average Bonchev–Trinajstić information content (AvgIpc) is 3.50. The molecule has 5 aromatic rings. The Hall–Kier alpha value is -4.58. The maximum absolute atomic E-state index is 15.5. The van der Waals surface area contributed by atoms with Crippen LogP contribution in [-0.4, -0.2) is 75.3 Å². The summed E-state index contributed by atoms with van der Waals surface area (Å²) in [5.41, 5.74) is 2.29. The molecule has 0 radical (unpaired) electrons. The number of hydrogen-bond acceptors (Lipinski definition) is 7. The molecule has 3 N–H and O–H groups in total. The SMILES string of the molecule is CNc1cc(F)c(F)c2c1[nH]c1ncc(-c3cnc4c(c3)c(=O)c(C(=O)O)cn4C)c(N3CC4CN(C)C4C3)c12. The molecular formula is C28H25F2N7O3. The quantitative estimate of drug-likeness (QED) is 0.315. The average molecular weight is 546 g/mol. The topological polar surface area (TPSA) is 119 Å². The fourth-order valence-electron chi connectivity index (χ4n) is 6.43. The highest BCUT2D eigenvalue weighted by atomic mass is 19.2. The molecular weight excluding hydrogens is 520 g/mol. The van der Waals surface area contributed by atoms with Gasteiger partial charge in [0.25, 0.3) is 0 Å². The lowest BCUT2D eigenvalue weighted by Gasteiger charge is -2.40. The van der Waals surface area contributed by atoms with Crippen LogP contribution in [-0.2, 0) is 7.05 Å². The van der Waals surface area contributed by atoms with Gasteiger partial charge in [-0.05, 0) is 13.1 Å². The Kier molecular flexibility index (Phi) is 5.17. The molecule has 2 aliphatic rings. The van der Waals surface area contributed by atoms with Crippen molar-refractivity contribution in [1.29, 1.82) is 0 Å². The first-order valence-electron chi connectivity index (χ1n) is 12.9. The van der Waals surface area contributed by atoms with Gasteiger partial charge in [0.05, 0.1) is 33.1 Å². The smallest absolute Gasteiger partial charge is 0.341 e. The van der Waals surface area contributed by atoms with Gasteiger partial charge in [0.1, 0.15) is 16.9 Å². The standard InChI is InChI=1S/C28H25F2N7O3/c1-31-18-5-17(29)22(30)20-21-24(37-9-13-8-35(2)19(13)11-37)15(7-32-26(21)34-23(18)20)12-4-14-25(38)16(28(39)40)10-36(3)27(14)33-6-12/h4-7,10,13,19,31H,8-9,11H2,1-3H3,(H,32,34)(H,39,40). The van der Waals surface area contributed by atoms with E-state index in [0.717, 1.165) is 19.2 Å². The van der Waals surface area contributed by atoms with Crippen molar-refractivity contribution in [2.24, 2.45) is 13.0 Å². The first-order valence-corrected chi connectivity index (χ1v) is 12.9. The molecule has 4 aromatic heterocycles. The van der Waals surface area contributed by atoms with E-state index in [9.17, 15) is 19.1 Å². The molecule has 7 rings (SSSR count). The van der Waals surface area contributed by atoms with Crippen LogP contribution < -0.4 is 15.6 Å². The minimum Gasteiger partial charge on any atom is -0.477 e. The van der Waals surface area contributed by atoms with Crippen molar-refractivity contribution in [2.45, 2.75) is 6.04 Å². The lowest BCUT2D eigenvalue weighted by Crippen LogP contribution is -2.52. The summed E-state index contributed by atoms with van der Waals surface area (Å²) < 4.78 is 31.9. The number of fused-ring (bicyclic) bond motifs is 5. The van der Waals surface area contributed by atoms with Crippen molar-refractivity contribution in [3.63, 3.8) is 0 Å². The number of anilines is 2. The summed E-state index contributed by atoms with van der Waals surface area (Å²) >= 11 is 0. The molecule has 1 aromatic carbocycles. The highest BCUT2D eigenvalue weighted by molar-refractivity contribution is 6.18. The molecule has 6 heterocycles. The second-order valence-electron chi connectivity index (χ2n) is 10.6. The number of carboxylic acid groups (broad SMARTS) is 1. The predicted octanol–water partition coefficient (Wildman–Crippen LogP) is 3.40. The van der Waals surface area contributed by atoms with E-state index in [0.29, 0.717) is 63.2 Å². The summed E-state index contributed by atoms with van der Waals surface area (Å²) in [6.07, 6.45) is 4.48. The number of aromatic nitrogens is 4. The number of carboxylic acids is 1. The Bertz CT molecular complexity index is 1970. The zero-order chi connectivity index (χ0) is 28.0. The van der Waals surface area contributed by atoms with Gasteiger partial charge in [-0.1, -0.05) is 0 Å². The molecule has 2 saturated heterocycles. The van der Waals surface area contributed by atoms with Gasteiger partial charge in [-0.3, -0.25) is 4.79 Å². The Balaban J connectivity index is 1.56. The number of aromatic amines is 1. The van der Waals surface area contributed by atoms with E-state index in [1.165, 1.54) is 10.8 Å². The molecule has 12 heteroatoms. The van der Waals surface area contributed by atoms with E-state index in [1.807, 2.05) is 0 Å². The van der Waals surface area contributed by atoms with Crippen molar-refractivity contribution >= 4 is 50.3 Å². The fourth-order valence-corrected chi connectivity index (χ4v) is 6.43. The third-order valence-electron chi connectivity index (χ3n) is 8.40. The first kappa shape index (κ1) is 24.5. The Morgan fingerprint density at radius 2 is 1.93 bits per heavy atom. The van der Waals surface area contributed by atoms with E-state index in [4.69, 9.17) is 0 Å². The summed E-state index contributed by atoms with van der Waals surface area (Å²) in [4.78, 5) is 41.5. The van der Waals surface area contributed by atoms with Crippen molar-refractivity contribution in [3.05, 3.63) is 58.1 Å². The summed E-state index contributed by atoms with van der Waals surface area (Å²) in [6, 6.07) is 3.04. The third-order valence-corrected chi connectivity index (χ3v) is 8.40. The molecule has 2 aliphatic heterocycles. The lowest BCUT2D eigenvalue weighted by molar-refractivity contribution is 0.0695. The number of aromatic carboxylic acids is 1. The summed E-state index contributed by atoms with van der Waals surface area (Å²) in [7, 11) is 5.33. The summed E-state index contributed by atoms with van der Waals surface area (Å²) in [5.74, 6) is -2.85. The van der Waals surface area contributed by atoms with Crippen LogP contribution in [0.25, 0.3) is 44.1 Å². The molecule has 0 aliphatic carbocycles. The lowest BCUT2D eigenvalue weighted by atomic mass is 9.93. The van der Waals surface area contributed by atoms with Crippen molar-refractivity contribution < 1.29 is 18.7 Å². The van der Waals surface area contributed by atoms with E-state index < -0.39 is 23.0 Å². The molecule has 0 spiro atoms. The summed E-state index contributed by atoms with van der Waals surface area (Å²) in [6.45, 7) is 2.34. The van der Waals surface area contributed by atoms with Crippen LogP contribution in [0.1, 0.15) is 10.4 Å². The van der Waals surface area contributed by atoms with E-state index in [-0.39, 0.29) is 16.3 Å². The number of hydrogen-bond donors (Lipinski definition) is 3. The van der Waals surface area contributed by atoms with Crippen molar-refractivity contribution in [2.75, 3.05) is 43.9 Å². The number of nitrogens with one attached hydrogen (secondary N) is 2. The fraction of sp³-hybridized carbons (Fsp3) is 0.286. The van der Waals surface area contributed by atoms with Crippen LogP contribution in [0.4, 0.5) is 20.2 Å². The maximum Gasteiger partial charge on any atom is 0.341 e. The van der Waals surface area contributed by atoms with E-state index >= 15 is 4.39 Å².